The highest BCUT2D eigenvalue weighted by molar-refractivity contribution is 6.04. The van der Waals surface area contributed by atoms with Crippen molar-refractivity contribution in [1.29, 1.82) is 0 Å². The molecule has 1 aromatic heterocycles. The number of ether oxygens (including phenoxy) is 2. The Morgan fingerprint density at radius 2 is 1.85 bits per heavy atom. The molecule has 1 saturated heterocycles. The maximum Gasteiger partial charge on any atom is 0.416 e. The molecular formula is C19H21N3O5. The van der Waals surface area contributed by atoms with Gasteiger partial charge >= 0.3 is 6.09 Å². The summed E-state index contributed by atoms with van der Waals surface area (Å²) in [5, 5.41) is 12.2. The summed E-state index contributed by atoms with van der Waals surface area (Å²) in [6.45, 7) is 0.909. The molecule has 3 rings (SSSR count). The molecule has 2 amide bonds. The molecule has 8 nitrogen and oxygen atoms in total. The Morgan fingerprint density at radius 1 is 1.15 bits per heavy atom. The molecule has 1 fully saturated rings. The number of aliphatic hydroxyl groups is 1. The first-order valence-corrected chi connectivity index (χ1v) is 8.61. The van der Waals surface area contributed by atoms with E-state index in [0.29, 0.717) is 42.9 Å². The summed E-state index contributed by atoms with van der Waals surface area (Å²) in [6, 6.07) is 9.85. The second-order valence-electron chi connectivity index (χ2n) is 6.15. The number of methoxy groups -OCH3 is 1. The summed E-state index contributed by atoms with van der Waals surface area (Å²) in [6.07, 6.45) is 1.65. The van der Waals surface area contributed by atoms with Gasteiger partial charge in [-0.2, -0.15) is 0 Å². The molecule has 0 bridgehead atoms. The summed E-state index contributed by atoms with van der Waals surface area (Å²) >= 11 is 0. The van der Waals surface area contributed by atoms with Crippen molar-refractivity contribution in [3.8, 4) is 11.6 Å². The van der Waals surface area contributed by atoms with Gasteiger partial charge < -0.3 is 24.8 Å². The smallest absolute Gasteiger partial charge is 0.416 e. The molecule has 1 aromatic carbocycles. The molecule has 2 heterocycles. The van der Waals surface area contributed by atoms with E-state index < -0.39 is 6.09 Å². The number of hydrogen-bond acceptors (Lipinski definition) is 6. The van der Waals surface area contributed by atoms with Crippen LogP contribution in [0.25, 0.3) is 0 Å². The number of aromatic nitrogens is 1. The van der Waals surface area contributed by atoms with Crippen molar-refractivity contribution in [3.63, 3.8) is 0 Å². The van der Waals surface area contributed by atoms with Gasteiger partial charge in [0.25, 0.3) is 5.91 Å². The Morgan fingerprint density at radius 3 is 2.44 bits per heavy atom. The van der Waals surface area contributed by atoms with Crippen LogP contribution in [0.3, 0.4) is 0 Å². The van der Waals surface area contributed by atoms with Crippen molar-refractivity contribution in [1.82, 2.24) is 9.88 Å². The number of carbonyl (C=O) groups is 2. The summed E-state index contributed by atoms with van der Waals surface area (Å²) in [5.74, 6) is 0.534. The number of nitrogens with zero attached hydrogens (tertiary/aromatic N) is 2. The summed E-state index contributed by atoms with van der Waals surface area (Å²) in [7, 11) is 1.56. The first kappa shape index (κ1) is 18.7. The number of carbonyl (C=O) groups excluding carboxylic acids is 2. The van der Waals surface area contributed by atoms with Gasteiger partial charge in [0.15, 0.2) is 0 Å². The third-order valence-corrected chi connectivity index (χ3v) is 4.26. The number of nitrogens with one attached hydrogen (secondary N) is 1. The van der Waals surface area contributed by atoms with E-state index in [2.05, 4.69) is 10.3 Å². The molecule has 1 aliphatic rings. The number of likely N-dealkylation sites (tertiary alicyclic amines) is 1. The Bertz CT molecular complexity index is 784. The van der Waals surface area contributed by atoms with Crippen LogP contribution in [0, 0.1) is 0 Å². The lowest BCUT2D eigenvalue weighted by Gasteiger charge is -2.28. The van der Waals surface area contributed by atoms with E-state index in [1.54, 1.807) is 37.4 Å². The predicted octanol–water partition coefficient (Wildman–Crippen LogP) is 2.30. The molecule has 0 saturated carbocycles. The lowest BCUT2D eigenvalue weighted by Crippen LogP contribution is -2.41. The molecule has 2 aromatic rings. The second-order valence-corrected chi connectivity index (χ2v) is 6.15. The van der Waals surface area contributed by atoms with Crippen LogP contribution in [0.1, 0.15) is 23.2 Å². The third kappa shape index (κ3) is 4.95. The van der Waals surface area contributed by atoms with E-state index >= 15 is 0 Å². The van der Waals surface area contributed by atoms with Gasteiger partial charge in [0, 0.05) is 24.7 Å². The zero-order chi connectivity index (χ0) is 19.2. The van der Waals surface area contributed by atoms with Gasteiger partial charge in [0.05, 0.1) is 25.1 Å². The Hall–Kier alpha value is -3.13. The number of aliphatic hydroxyl groups excluding tert-OH is 1. The molecule has 0 radical (unpaired) electrons. The Labute approximate surface area is 156 Å². The number of amides is 2. The van der Waals surface area contributed by atoms with Crippen molar-refractivity contribution < 1.29 is 24.2 Å². The van der Waals surface area contributed by atoms with Crippen LogP contribution in [0.4, 0.5) is 10.5 Å². The van der Waals surface area contributed by atoms with E-state index in [1.807, 2.05) is 0 Å². The van der Waals surface area contributed by atoms with E-state index in [-0.39, 0.29) is 17.9 Å². The van der Waals surface area contributed by atoms with Gasteiger partial charge in [-0.3, -0.25) is 4.79 Å². The number of piperidine rings is 1. The Balaban J connectivity index is 1.55. The van der Waals surface area contributed by atoms with Crippen LogP contribution in [-0.2, 0) is 0 Å². The summed E-state index contributed by atoms with van der Waals surface area (Å²) in [5.41, 5.74) is 0.968. The van der Waals surface area contributed by atoms with E-state index in [0.717, 1.165) is 0 Å². The highest BCUT2D eigenvalue weighted by Crippen LogP contribution is 2.17. The second kappa shape index (κ2) is 8.50. The molecular weight excluding hydrogens is 350 g/mol. The minimum Gasteiger partial charge on any atom is -0.497 e. The fraction of sp³-hybridized carbons (Fsp3) is 0.316. The van der Waals surface area contributed by atoms with Crippen molar-refractivity contribution in [2.75, 3.05) is 25.5 Å². The topological polar surface area (TPSA) is 101 Å². The van der Waals surface area contributed by atoms with Crippen LogP contribution < -0.4 is 14.8 Å². The van der Waals surface area contributed by atoms with Crippen LogP contribution in [0.15, 0.2) is 42.6 Å². The maximum atomic E-state index is 12.2. The zero-order valence-corrected chi connectivity index (χ0v) is 14.9. The van der Waals surface area contributed by atoms with E-state index in [1.165, 1.54) is 17.2 Å². The predicted molar refractivity (Wildman–Crippen MR) is 98.0 cm³/mol. The molecule has 0 atom stereocenters. The number of rotatable bonds is 4. The normalized spacial score (nSPS) is 14.5. The van der Waals surface area contributed by atoms with Gasteiger partial charge in [-0.15, -0.1) is 0 Å². The monoisotopic (exact) mass is 371 g/mol. The SMILES string of the molecule is COc1ccc(C(=O)Nc2ccc(OC(=O)N3CCC(O)CC3)nc2)cc1. The number of benzene rings is 1. The van der Waals surface area contributed by atoms with E-state index in [4.69, 9.17) is 9.47 Å². The van der Waals surface area contributed by atoms with Gasteiger partial charge in [-0.25, -0.2) is 9.78 Å². The first-order chi connectivity index (χ1) is 13.0. The average molecular weight is 371 g/mol. The average Bonchev–Trinajstić information content (AvgIpc) is 2.70. The zero-order valence-electron chi connectivity index (χ0n) is 14.9. The molecule has 8 heteroatoms. The lowest BCUT2D eigenvalue weighted by molar-refractivity contribution is 0.0792. The highest BCUT2D eigenvalue weighted by atomic mass is 16.6. The Kier molecular flexibility index (Phi) is 5.87. The van der Waals surface area contributed by atoms with Gasteiger partial charge in [0.2, 0.25) is 5.88 Å². The fourth-order valence-corrected chi connectivity index (χ4v) is 2.66. The van der Waals surface area contributed by atoms with Gasteiger partial charge in [0.1, 0.15) is 5.75 Å². The molecule has 27 heavy (non-hydrogen) atoms. The van der Waals surface area contributed by atoms with Crippen LogP contribution in [-0.4, -0.2) is 53.3 Å². The van der Waals surface area contributed by atoms with Gasteiger partial charge in [-0.05, 0) is 43.2 Å². The molecule has 142 valence electrons. The first-order valence-electron chi connectivity index (χ1n) is 8.61. The van der Waals surface area contributed by atoms with Crippen molar-refractivity contribution in [3.05, 3.63) is 48.2 Å². The van der Waals surface area contributed by atoms with Crippen LogP contribution in [0.5, 0.6) is 11.6 Å². The molecule has 1 aliphatic heterocycles. The fourth-order valence-electron chi connectivity index (χ4n) is 2.66. The number of anilines is 1. The molecule has 0 unspecified atom stereocenters. The number of hydrogen-bond donors (Lipinski definition) is 2. The number of pyridine rings is 1. The van der Waals surface area contributed by atoms with Crippen molar-refractivity contribution in [2.45, 2.75) is 18.9 Å². The lowest BCUT2D eigenvalue weighted by atomic mass is 10.1. The standard InChI is InChI=1S/C19H21N3O5/c1-26-16-5-2-13(3-6-16)18(24)21-14-4-7-17(20-12-14)27-19(25)22-10-8-15(23)9-11-22/h2-7,12,15,23H,8-11H2,1H3,(H,21,24). The maximum absolute atomic E-state index is 12.2. The highest BCUT2D eigenvalue weighted by Gasteiger charge is 2.23. The van der Waals surface area contributed by atoms with Gasteiger partial charge in [-0.1, -0.05) is 0 Å². The molecule has 2 N–H and O–H groups in total. The summed E-state index contributed by atoms with van der Waals surface area (Å²) in [4.78, 5) is 29.9. The van der Waals surface area contributed by atoms with Crippen LogP contribution in [0.2, 0.25) is 0 Å². The largest absolute Gasteiger partial charge is 0.497 e. The molecule has 0 aliphatic carbocycles. The minimum absolute atomic E-state index is 0.147. The minimum atomic E-state index is -0.496. The van der Waals surface area contributed by atoms with E-state index in [9.17, 15) is 14.7 Å². The summed E-state index contributed by atoms with van der Waals surface area (Å²) < 4.78 is 10.3. The quantitative estimate of drug-likeness (QED) is 0.855. The molecule has 0 spiro atoms. The third-order valence-electron chi connectivity index (χ3n) is 4.26. The van der Waals surface area contributed by atoms with Crippen LogP contribution >= 0.6 is 0 Å². The van der Waals surface area contributed by atoms with Crippen molar-refractivity contribution in [2.24, 2.45) is 0 Å². The van der Waals surface area contributed by atoms with Crippen molar-refractivity contribution >= 4 is 17.7 Å².